The molecule has 0 unspecified atom stereocenters. The van der Waals surface area contributed by atoms with E-state index in [4.69, 9.17) is 10.2 Å². The van der Waals surface area contributed by atoms with Crippen molar-refractivity contribution in [2.45, 2.75) is 13.8 Å². The number of carbonyl (C=O) groups is 4. The molecular formula is C14H16O8. The van der Waals surface area contributed by atoms with E-state index >= 15 is 0 Å². The van der Waals surface area contributed by atoms with E-state index in [0.717, 1.165) is 0 Å². The summed E-state index contributed by atoms with van der Waals surface area (Å²) in [6.45, 7) is 2.87. The largest absolute Gasteiger partial charge is 0.478 e. The highest BCUT2D eigenvalue weighted by atomic mass is 16.6. The van der Waals surface area contributed by atoms with E-state index in [1.807, 2.05) is 0 Å². The number of esters is 2. The lowest BCUT2D eigenvalue weighted by atomic mass is 10.1. The monoisotopic (exact) mass is 312 g/mol. The van der Waals surface area contributed by atoms with Gasteiger partial charge in [-0.05, 0) is 24.3 Å². The Kier molecular flexibility index (Phi) is 8.61. The zero-order chi connectivity index (χ0) is 17.1. The molecule has 8 heteroatoms. The van der Waals surface area contributed by atoms with Gasteiger partial charge in [0.05, 0.1) is 11.1 Å². The minimum Gasteiger partial charge on any atom is -0.478 e. The number of benzene rings is 1. The van der Waals surface area contributed by atoms with Gasteiger partial charge in [-0.15, -0.1) is 0 Å². The van der Waals surface area contributed by atoms with Crippen molar-refractivity contribution >= 4 is 23.9 Å². The number of rotatable bonds is 5. The summed E-state index contributed by atoms with van der Waals surface area (Å²) in [6, 6.07) is 5.02. The molecule has 0 aliphatic rings. The molecule has 0 spiro atoms. The topological polar surface area (TPSA) is 127 Å². The molecule has 120 valence electrons. The van der Waals surface area contributed by atoms with Gasteiger partial charge in [0.15, 0.2) is 0 Å². The summed E-state index contributed by atoms with van der Waals surface area (Å²) in [5.74, 6) is -2.86. The number of ether oxygens (including phenoxy) is 2. The summed E-state index contributed by atoms with van der Waals surface area (Å²) in [4.78, 5) is 40.9. The third kappa shape index (κ3) is 9.08. The maximum absolute atomic E-state index is 10.3. The summed E-state index contributed by atoms with van der Waals surface area (Å²) in [5.41, 5.74) is 0.167. The molecule has 0 saturated heterocycles. The Balaban J connectivity index is 0.000000409. The number of carbonyl (C=O) groups excluding carboxylic acids is 2. The second kappa shape index (κ2) is 9.92. The van der Waals surface area contributed by atoms with E-state index in [9.17, 15) is 19.2 Å². The van der Waals surface area contributed by atoms with Crippen LogP contribution in [-0.4, -0.2) is 47.3 Å². The minimum absolute atomic E-state index is 0.0833. The maximum atomic E-state index is 10.3. The molecule has 0 bridgehead atoms. The lowest BCUT2D eigenvalue weighted by molar-refractivity contribution is -0.149. The quantitative estimate of drug-likeness (QED) is 0.613. The molecule has 1 aromatic carbocycles. The Hall–Kier alpha value is -2.90. The second-order valence-electron chi connectivity index (χ2n) is 3.87. The zero-order valence-electron chi connectivity index (χ0n) is 12.1. The van der Waals surface area contributed by atoms with Crippen molar-refractivity contribution in [3.05, 3.63) is 35.4 Å². The van der Waals surface area contributed by atoms with Crippen LogP contribution in [0.25, 0.3) is 0 Å². The third-order valence-electron chi connectivity index (χ3n) is 2.07. The van der Waals surface area contributed by atoms with Crippen molar-refractivity contribution in [3.8, 4) is 0 Å². The van der Waals surface area contributed by atoms with Crippen LogP contribution < -0.4 is 0 Å². The first-order valence-electron chi connectivity index (χ1n) is 6.07. The van der Waals surface area contributed by atoms with Crippen molar-refractivity contribution < 1.29 is 38.9 Å². The molecule has 0 fully saturated rings. The van der Waals surface area contributed by atoms with Crippen molar-refractivity contribution in [2.24, 2.45) is 0 Å². The minimum atomic E-state index is -1.06. The Morgan fingerprint density at radius 2 is 1.05 bits per heavy atom. The van der Waals surface area contributed by atoms with E-state index in [-0.39, 0.29) is 36.3 Å². The van der Waals surface area contributed by atoms with Crippen LogP contribution in [0.4, 0.5) is 0 Å². The fourth-order valence-electron chi connectivity index (χ4n) is 1.13. The van der Waals surface area contributed by atoms with E-state index < -0.39 is 11.9 Å². The first kappa shape index (κ1) is 19.1. The SMILES string of the molecule is CC(=O)OCCOC(C)=O.O=C(O)c1ccc(C(=O)O)cc1. The van der Waals surface area contributed by atoms with Crippen LogP contribution in [0.1, 0.15) is 34.6 Å². The van der Waals surface area contributed by atoms with Gasteiger partial charge in [-0.1, -0.05) is 0 Å². The van der Waals surface area contributed by atoms with E-state index in [1.165, 1.54) is 38.1 Å². The van der Waals surface area contributed by atoms with Crippen molar-refractivity contribution in [1.29, 1.82) is 0 Å². The van der Waals surface area contributed by atoms with Gasteiger partial charge in [-0.25, -0.2) is 9.59 Å². The molecule has 1 aromatic rings. The Labute approximate surface area is 126 Å². The van der Waals surface area contributed by atoms with Gasteiger partial charge in [0.2, 0.25) is 0 Å². The zero-order valence-corrected chi connectivity index (χ0v) is 12.1. The van der Waals surface area contributed by atoms with Gasteiger partial charge in [0.25, 0.3) is 0 Å². The van der Waals surface area contributed by atoms with E-state index in [1.54, 1.807) is 0 Å². The first-order valence-corrected chi connectivity index (χ1v) is 6.07. The summed E-state index contributed by atoms with van der Waals surface area (Å²) >= 11 is 0. The van der Waals surface area contributed by atoms with Crippen LogP contribution >= 0.6 is 0 Å². The smallest absolute Gasteiger partial charge is 0.335 e. The Morgan fingerprint density at radius 3 is 1.23 bits per heavy atom. The lowest BCUT2D eigenvalue weighted by Gasteiger charge is -2.00. The highest BCUT2D eigenvalue weighted by Gasteiger charge is 2.04. The molecule has 0 aromatic heterocycles. The molecular weight excluding hydrogens is 296 g/mol. The van der Waals surface area contributed by atoms with Crippen LogP contribution in [0.5, 0.6) is 0 Å². The third-order valence-corrected chi connectivity index (χ3v) is 2.07. The summed E-state index contributed by atoms with van der Waals surface area (Å²) in [5, 5.41) is 16.9. The average molecular weight is 312 g/mol. The van der Waals surface area contributed by atoms with Gasteiger partial charge in [0, 0.05) is 13.8 Å². The molecule has 0 radical (unpaired) electrons. The van der Waals surface area contributed by atoms with Gasteiger partial charge < -0.3 is 19.7 Å². The Bertz CT molecular complexity index is 483. The molecule has 8 nitrogen and oxygen atoms in total. The molecule has 0 saturated carbocycles. The van der Waals surface area contributed by atoms with Crippen LogP contribution in [0, 0.1) is 0 Å². The molecule has 1 rings (SSSR count). The number of hydrogen-bond acceptors (Lipinski definition) is 6. The summed E-state index contributed by atoms with van der Waals surface area (Å²) in [6.07, 6.45) is 0. The predicted molar refractivity (Wildman–Crippen MR) is 73.6 cm³/mol. The van der Waals surface area contributed by atoms with Gasteiger partial charge in [-0.2, -0.15) is 0 Å². The lowest BCUT2D eigenvalue weighted by Crippen LogP contribution is -2.09. The predicted octanol–water partition coefficient (Wildman–Crippen LogP) is 1.20. The van der Waals surface area contributed by atoms with Gasteiger partial charge in [-0.3, -0.25) is 9.59 Å². The average Bonchev–Trinajstić information content (AvgIpc) is 2.44. The van der Waals surface area contributed by atoms with Crippen molar-refractivity contribution in [3.63, 3.8) is 0 Å². The number of aromatic carboxylic acids is 2. The van der Waals surface area contributed by atoms with E-state index in [2.05, 4.69) is 9.47 Å². The normalized spacial score (nSPS) is 9.00. The van der Waals surface area contributed by atoms with Crippen molar-refractivity contribution in [1.82, 2.24) is 0 Å². The van der Waals surface area contributed by atoms with Crippen molar-refractivity contribution in [2.75, 3.05) is 13.2 Å². The number of hydrogen-bond donors (Lipinski definition) is 2. The Morgan fingerprint density at radius 1 is 0.773 bits per heavy atom. The fraction of sp³-hybridized carbons (Fsp3) is 0.286. The van der Waals surface area contributed by atoms with Gasteiger partial charge >= 0.3 is 23.9 Å². The molecule has 0 aliphatic heterocycles. The molecule has 0 aliphatic carbocycles. The van der Waals surface area contributed by atoms with Crippen LogP contribution in [-0.2, 0) is 19.1 Å². The molecule has 0 heterocycles. The van der Waals surface area contributed by atoms with Crippen LogP contribution in [0.2, 0.25) is 0 Å². The number of carboxylic acid groups (broad SMARTS) is 2. The molecule has 2 N–H and O–H groups in total. The summed E-state index contributed by atoms with van der Waals surface area (Å²) in [7, 11) is 0. The highest BCUT2D eigenvalue weighted by molar-refractivity contribution is 5.91. The fourth-order valence-corrected chi connectivity index (χ4v) is 1.13. The first-order chi connectivity index (χ1) is 10.2. The number of carboxylic acids is 2. The van der Waals surface area contributed by atoms with E-state index in [0.29, 0.717) is 0 Å². The maximum Gasteiger partial charge on any atom is 0.335 e. The van der Waals surface area contributed by atoms with Crippen LogP contribution in [0.3, 0.4) is 0 Å². The highest BCUT2D eigenvalue weighted by Crippen LogP contribution is 2.03. The molecule has 22 heavy (non-hydrogen) atoms. The molecule has 0 atom stereocenters. The second-order valence-corrected chi connectivity index (χ2v) is 3.87. The molecule has 0 amide bonds. The van der Waals surface area contributed by atoms with Crippen LogP contribution in [0.15, 0.2) is 24.3 Å². The standard InChI is InChI=1S/C8H6O4.C6H10O4/c9-7(10)5-1-2-6(4-3-5)8(11)12;1-5(7)9-3-4-10-6(2)8/h1-4H,(H,9,10)(H,11,12);3-4H2,1-2H3. The van der Waals surface area contributed by atoms with Gasteiger partial charge in [0.1, 0.15) is 13.2 Å². The summed E-state index contributed by atoms with van der Waals surface area (Å²) < 4.78 is 8.95.